The number of nitrogens with zero attached hydrogens (tertiary/aromatic N) is 6. The number of hydrogen-bond acceptors (Lipinski definition) is 9. The predicted octanol–water partition coefficient (Wildman–Crippen LogP) is 4.94. The summed E-state index contributed by atoms with van der Waals surface area (Å²) in [5, 5.41) is 7.03. The molecule has 39 heavy (non-hydrogen) atoms. The normalized spacial score (nSPS) is 14.9. The van der Waals surface area contributed by atoms with Gasteiger partial charge in [0.2, 0.25) is 11.7 Å². The average Bonchev–Trinajstić information content (AvgIpc) is 3.59. The van der Waals surface area contributed by atoms with Crippen molar-refractivity contribution in [2.24, 2.45) is 0 Å². The number of amides is 1. The van der Waals surface area contributed by atoms with Crippen molar-refractivity contribution in [1.29, 1.82) is 0 Å². The van der Waals surface area contributed by atoms with Gasteiger partial charge in [-0.2, -0.15) is 4.98 Å². The Morgan fingerprint density at radius 3 is 2.74 bits per heavy atom. The second kappa shape index (κ2) is 9.19. The van der Waals surface area contributed by atoms with Crippen LogP contribution in [0.1, 0.15) is 50.3 Å². The number of ether oxygens (including phenoxy) is 1. The summed E-state index contributed by atoms with van der Waals surface area (Å²) in [6.07, 6.45) is 2.81. The van der Waals surface area contributed by atoms with E-state index in [-0.39, 0.29) is 6.04 Å². The van der Waals surface area contributed by atoms with Crippen molar-refractivity contribution in [3.05, 3.63) is 65.7 Å². The molecule has 198 valence electrons. The van der Waals surface area contributed by atoms with E-state index in [1.807, 2.05) is 61.7 Å². The lowest BCUT2D eigenvalue weighted by molar-refractivity contribution is 0.0503. The second-order valence-electron chi connectivity index (χ2n) is 10.5. The Bertz CT molecular complexity index is 1720. The number of fused-ring (bicyclic) bond motifs is 2. The molecule has 0 saturated heterocycles. The molecule has 5 aromatic rings. The number of anilines is 1. The predicted molar refractivity (Wildman–Crippen MR) is 145 cm³/mol. The first kappa shape index (κ1) is 24.5. The van der Waals surface area contributed by atoms with E-state index < -0.39 is 11.7 Å². The van der Waals surface area contributed by atoms with E-state index in [0.717, 1.165) is 29.7 Å². The largest absolute Gasteiger partial charge is 0.444 e. The van der Waals surface area contributed by atoms with Crippen molar-refractivity contribution < 1.29 is 14.1 Å². The van der Waals surface area contributed by atoms with Crippen LogP contribution in [0.25, 0.3) is 39.8 Å². The lowest BCUT2D eigenvalue weighted by atomic mass is 10.1. The van der Waals surface area contributed by atoms with Crippen molar-refractivity contribution in [2.45, 2.75) is 52.2 Å². The molecule has 11 heteroatoms. The van der Waals surface area contributed by atoms with E-state index in [2.05, 4.69) is 26.5 Å². The van der Waals surface area contributed by atoms with Crippen LogP contribution in [0.2, 0.25) is 0 Å². The van der Waals surface area contributed by atoms with Crippen molar-refractivity contribution >= 4 is 23.1 Å². The van der Waals surface area contributed by atoms with Crippen LogP contribution in [0.15, 0.2) is 53.2 Å². The first-order valence-electron chi connectivity index (χ1n) is 12.7. The van der Waals surface area contributed by atoms with Crippen LogP contribution in [0.5, 0.6) is 0 Å². The summed E-state index contributed by atoms with van der Waals surface area (Å²) in [6.45, 7) is 7.28. The number of alkyl carbamates (subject to hydrolysis) is 1. The highest BCUT2D eigenvalue weighted by atomic mass is 16.6. The van der Waals surface area contributed by atoms with Gasteiger partial charge >= 0.3 is 6.09 Å². The van der Waals surface area contributed by atoms with Crippen LogP contribution in [0.3, 0.4) is 0 Å². The van der Waals surface area contributed by atoms with Gasteiger partial charge in [-0.05, 0) is 81.1 Å². The Kier molecular flexibility index (Phi) is 5.78. The molecule has 0 bridgehead atoms. The molecule has 4 heterocycles. The minimum Gasteiger partial charge on any atom is -0.444 e. The molecule has 0 radical (unpaired) electrons. The van der Waals surface area contributed by atoms with Gasteiger partial charge in [-0.25, -0.2) is 19.7 Å². The number of nitrogens with two attached hydrogens (primary N) is 1. The molecular weight excluding hydrogens is 496 g/mol. The minimum atomic E-state index is -0.561. The van der Waals surface area contributed by atoms with Crippen molar-refractivity contribution in [3.8, 4) is 28.6 Å². The fourth-order valence-electron chi connectivity index (χ4n) is 4.86. The number of rotatable bonds is 4. The maximum atomic E-state index is 12.4. The lowest BCUT2D eigenvalue weighted by Crippen LogP contribution is -2.34. The zero-order chi connectivity index (χ0) is 27.3. The van der Waals surface area contributed by atoms with Crippen LogP contribution in [-0.4, -0.2) is 41.4 Å². The summed E-state index contributed by atoms with van der Waals surface area (Å²) in [5.41, 5.74) is 11.3. The number of imidazole rings is 1. The Morgan fingerprint density at radius 2 is 2.00 bits per heavy atom. The van der Waals surface area contributed by atoms with Gasteiger partial charge in [0.05, 0.1) is 11.6 Å². The summed E-state index contributed by atoms with van der Waals surface area (Å²) in [5.74, 6) is 1.84. The number of carbonyl (C=O) groups is 1. The highest BCUT2D eigenvalue weighted by molar-refractivity contribution is 5.84. The maximum absolute atomic E-state index is 12.4. The monoisotopic (exact) mass is 524 g/mol. The first-order chi connectivity index (χ1) is 18.7. The smallest absolute Gasteiger partial charge is 0.408 e. The third kappa shape index (κ3) is 4.67. The lowest BCUT2D eigenvalue weighted by Gasteiger charge is -2.22. The van der Waals surface area contributed by atoms with Gasteiger partial charge < -0.3 is 20.3 Å². The Balaban J connectivity index is 1.45. The number of benzene rings is 1. The minimum absolute atomic E-state index is 0.122. The van der Waals surface area contributed by atoms with E-state index in [1.165, 1.54) is 0 Å². The number of aromatic nitrogens is 6. The molecule has 0 unspecified atom stereocenters. The summed E-state index contributed by atoms with van der Waals surface area (Å²) in [4.78, 5) is 30.8. The van der Waals surface area contributed by atoms with Gasteiger partial charge in [-0.3, -0.25) is 4.57 Å². The standard InChI is InChI=1S/C28H28N8O3/c1-15-31-24(35-39-15)21-11-12-22-26(32-21)36(25(33-22)19-6-5-13-30-23(19)29)17-8-9-18-16(14-17)7-10-20(18)34-27(37)38-28(2,3)4/h5-6,8-9,11-14,20H,7,10H2,1-4H3,(H2,29,30)(H,34,37)/t20-/m0/s1. The number of nitrogens with one attached hydrogen (secondary N) is 1. The number of aryl methyl sites for hydroxylation is 2. The molecule has 11 nitrogen and oxygen atoms in total. The van der Waals surface area contributed by atoms with Gasteiger partial charge in [-0.15, -0.1) is 0 Å². The van der Waals surface area contributed by atoms with E-state index in [1.54, 1.807) is 13.1 Å². The molecular formula is C28H28N8O3. The average molecular weight is 525 g/mol. The molecule has 0 aliphatic heterocycles. The Hall–Kier alpha value is -4.80. The number of carbonyl (C=O) groups excluding carboxylic acids is 1. The quantitative estimate of drug-likeness (QED) is 0.334. The third-order valence-corrected chi connectivity index (χ3v) is 6.49. The van der Waals surface area contributed by atoms with Gasteiger partial charge in [-0.1, -0.05) is 11.2 Å². The van der Waals surface area contributed by atoms with Crippen molar-refractivity contribution in [1.82, 2.24) is 35.0 Å². The molecule has 0 fully saturated rings. The van der Waals surface area contributed by atoms with Gasteiger partial charge in [0, 0.05) is 18.8 Å². The molecule has 6 rings (SSSR count). The van der Waals surface area contributed by atoms with E-state index >= 15 is 0 Å². The van der Waals surface area contributed by atoms with Crippen LogP contribution < -0.4 is 11.1 Å². The van der Waals surface area contributed by atoms with Crippen molar-refractivity contribution in [2.75, 3.05) is 5.73 Å². The Morgan fingerprint density at radius 1 is 1.15 bits per heavy atom. The second-order valence-corrected chi connectivity index (χ2v) is 10.5. The molecule has 4 aromatic heterocycles. The van der Waals surface area contributed by atoms with Gasteiger partial charge in [0.15, 0.2) is 11.5 Å². The van der Waals surface area contributed by atoms with E-state index in [9.17, 15) is 4.79 Å². The fourth-order valence-corrected chi connectivity index (χ4v) is 4.86. The summed E-state index contributed by atoms with van der Waals surface area (Å²) in [7, 11) is 0. The molecule has 1 atom stereocenters. The third-order valence-electron chi connectivity index (χ3n) is 6.49. The van der Waals surface area contributed by atoms with Crippen LogP contribution in [0, 0.1) is 6.92 Å². The molecule has 0 saturated carbocycles. The van der Waals surface area contributed by atoms with Crippen LogP contribution in [0.4, 0.5) is 10.6 Å². The SMILES string of the molecule is Cc1nc(-c2ccc3nc(-c4cccnc4N)n(-c4ccc5c(c4)CC[C@@H]5NC(=O)OC(C)(C)C)c3n2)no1. The number of hydrogen-bond donors (Lipinski definition) is 2. The van der Waals surface area contributed by atoms with Crippen LogP contribution >= 0.6 is 0 Å². The van der Waals surface area contributed by atoms with Crippen LogP contribution in [-0.2, 0) is 11.2 Å². The molecule has 1 amide bonds. The molecule has 1 aliphatic carbocycles. The summed E-state index contributed by atoms with van der Waals surface area (Å²) in [6, 6.07) is 13.4. The topological polar surface area (TPSA) is 147 Å². The van der Waals surface area contributed by atoms with Gasteiger partial charge in [0.25, 0.3) is 0 Å². The first-order valence-corrected chi connectivity index (χ1v) is 12.7. The highest BCUT2D eigenvalue weighted by Gasteiger charge is 2.28. The highest BCUT2D eigenvalue weighted by Crippen LogP contribution is 2.36. The molecule has 3 N–H and O–H groups in total. The number of nitrogen functional groups attached to an aromatic ring is 1. The van der Waals surface area contributed by atoms with Crippen molar-refractivity contribution in [3.63, 3.8) is 0 Å². The zero-order valence-corrected chi connectivity index (χ0v) is 22.1. The van der Waals surface area contributed by atoms with E-state index in [0.29, 0.717) is 45.8 Å². The molecule has 0 spiro atoms. The maximum Gasteiger partial charge on any atom is 0.408 e. The Labute approximate surface area is 224 Å². The molecule has 1 aliphatic rings. The fraction of sp³-hybridized carbons (Fsp3) is 0.286. The zero-order valence-electron chi connectivity index (χ0n) is 22.1. The summed E-state index contributed by atoms with van der Waals surface area (Å²) < 4.78 is 12.6. The molecule has 1 aromatic carbocycles. The summed E-state index contributed by atoms with van der Waals surface area (Å²) >= 11 is 0. The van der Waals surface area contributed by atoms with E-state index in [4.69, 9.17) is 25.0 Å². The van der Waals surface area contributed by atoms with Gasteiger partial charge in [0.1, 0.15) is 22.6 Å². The number of pyridine rings is 2.